The van der Waals surface area contributed by atoms with Crippen LogP contribution in [-0.4, -0.2) is 24.6 Å². The third-order valence-electron chi connectivity index (χ3n) is 8.65. The molecule has 4 aromatic heterocycles. The van der Waals surface area contributed by atoms with Gasteiger partial charge < -0.3 is 0 Å². The molecule has 0 atom stereocenters. The number of hydrogen-bond acceptors (Lipinski definition) is 4. The zero-order chi connectivity index (χ0) is 31.2. The molecule has 5 aromatic carbocycles. The molecule has 0 unspecified atom stereocenters. The molecular weight excluding hydrogens is 574 g/mol. The first-order valence-corrected chi connectivity index (χ1v) is 15.7. The van der Waals surface area contributed by atoms with Crippen molar-refractivity contribution in [2.75, 3.05) is 0 Å². The lowest BCUT2D eigenvalue weighted by molar-refractivity contribution is 0.984. The molecule has 0 spiro atoms. The molecule has 0 aliphatic rings. The lowest BCUT2D eigenvalue weighted by atomic mass is 10.0. The first-order chi connectivity index (χ1) is 23.3. The van der Waals surface area contributed by atoms with Crippen LogP contribution in [0.1, 0.15) is 0 Å². The van der Waals surface area contributed by atoms with Crippen molar-refractivity contribution < 1.29 is 0 Å². The lowest BCUT2D eigenvalue weighted by Gasteiger charge is -2.10. The van der Waals surface area contributed by atoms with Gasteiger partial charge in [-0.15, -0.1) is 0 Å². The summed E-state index contributed by atoms with van der Waals surface area (Å²) in [7, 11) is 0. The van der Waals surface area contributed by atoms with Gasteiger partial charge in [-0.2, -0.15) is 5.10 Å². The van der Waals surface area contributed by atoms with Crippen LogP contribution in [0.4, 0.5) is 0 Å². The Morgan fingerprint density at radius 1 is 0.383 bits per heavy atom. The van der Waals surface area contributed by atoms with E-state index in [1.54, 1.807) is 0 Å². The van der Waals surface area contributed by atoms with E-state index >= 15 is 0 Å². The van der Waals surface area contributed by atoms with Gasteiger partial charge in [0.1, 0.15) is 0 Å². The van der Waals surface area contributed by atoms with Gasteiger partial charge in [0.25, 0.3) is 0 Å². The summed E-state index contributed by atoms with van der Waals surface area (Å²) >= 11 is 0. The summed E-state index contributed by atoms with van der Waals surface area (Å²) in [4.78, 5) is 15.0. The predicted molar refractivity (Wildman–Crippen MR) is 191 cm³/mol. The number of benzene rings is 5. The third-order valence-corrected chi connectivity index (χ3v) is 8.65. The third kappa shape index (κ3) is 4.91. The van der Waals surface area contributed by atoms with E-state index in [1.807, 2.05) is 65.2 Å². The summed E-state index contributed by atoms with van der Waals surface area (Å²) in [6, 6.07) is 56.2. The normalized spacial score (nSPS) is 11.4. The molecule has 5 heteroatoms. The maximum absolute atomic E-state index is 5.12. The van der Waals surface area contributed by atoms with Crippen LogP contribution in [0.2, 0.25) is 0 Å². The molecule has 0 fully saturated rings. The van der Waals surface area contributed by atoms with E-state index in [1.165, 1.54) is 0 Å². The second-order valence-corrected chi connectivity index (χ2v) is 11.6. The smallest absolute Gasteiger partial charge is 0.160 e. The Hall–Kier alpha value is -6.46. The number of nitrogens with zero attached hydrogens (tertiary/aromatic N) is 5. The van der Waals surface area contributed by atoms with E-state index in [4.69, 9.17) is 20.1 Å². The van der Waals surface area contributed by atoms with Crippen molar-refractivity contribution in [2.24, 2.45) is 0 Å². The molecule has 0 amide bonds. The molecule has 0 bridgehead atoms. The molecule has 220 valence electrons. The van der Waals surface area contributed by atoms with Gasteiger partial charge in [-0.25, -0.2) is 19.5 Å². The van der Waals surface area contributed by atoms with Crippen LogP contribution in [-0.2, 0) is 0 Å². The summed E-state index contributed by atoms with van der Waals surface area (Å²) in [5.41, 5.74) is 11.9. The van der Waals surface area contributed by atoms with Crippen molar-refractivity contribution in [2.45, 2.75) is 0 Å². The van der Waals surface area contributed by atoms with Crippen molar-refractivity contribution in [3.05, 3.63) is 164 Å². The Kier molecular flexibility index (Phi) is 6.39. The fourth-order valence-corrected chi connectivity index (χ4v) is 6.23. The Bertz CT molecular complexity index is 2500. The SMILES string of the molecule is c1ccc(-c2cc(-c3ccc(-c4ccc5ccc(-c6cccc7c8ccccc8nn67)nc5c4)cc3)nc(-c3ccccc3)n2)cc1. The van der Waals surface area contributed by atoms with E-state index in [0.29, 0.717) is 5.82 Å². The van der Waals surface area contributed by atoms with Crippen LogP contribution in [0.25, 0.3) is 83.7 Å². The van der Waals surface area contributed by atoms with Gasteiger partial charge >= 0.3 is 0 Å². The van der Waals surface area contributed by atoms with Crippen molar-refractivity contribution in [1.29, 1.82) is 0 Å². The Balaban J connectivity index is 1.08. The topological polar surface area (TPSA) is 56.0 Å². The molecule has 9 aromatic rings. The van der Waals surface area contributed by atoms with Crippen LogP contribution in [0, 0.1) is 0 Å². The van der Waals surface area contributed by atoms with E-state index < -0.39 is 0 Å². The van der Waals surface area contributed by atoms with Crippen molar-refractivity contribution in [3.8, 4) is 56.4 Å². The molecule has 9 rings (SSSR count). The second kappa shape index (κ2) is 11.2. The summed E-state index contributed by atoms with van der Waals surface area (Å²) in [5.74, 6) is 0.710. The molecule has 0 aliphatic heterocycles. The zero-order valence-corrected chi connectivity index (χ0v) is 25.3. The minimum atomic E-state index is 0.710. The average Bonchev–Trinajstić information content (AvgIpc) is 3.54. The van der Waals surface area contributed by atoms with E-state index in [9.17, 15) is 0 Å². The fraction of sp³-hybridized carbons (Fsp3) is 0. The van der Waals surface area contributed by atoms with E-state index in [0.717, 1.165) is 77.9 Å². The largest absolute Gasteiger partial charge is 0.246 e. The average molecular weight is 602 g/mol. The molecule has 0 saturated carbocycles. The summed E-state index contributed by atoms with van der Waals surface area (Å²) < 4.78 is 2.00. The van der Waals surface area contributed by atoms with Gasteiger partial charge in [-0.3, -0.25) is 0 Å². The highest BCUT2D eigenvalue weighted by molar-refractivity contribution is 5.95. The molecule has 0 aliphatic carbocycles. The van der Waals surface area contributed by atoms with Gasteiger partial charge in [-0.1, -0.05) is 127 Å². The molecule has 0 N–H and O–H groups in total. The predicted octanol–water partition coefficient (Wildman–Crippen LogP) is 10.2. The quantitative estimate of drug-likeness (QED) is 0.197. The monoisotopic (exact) mass is 601 g/mol. The molecule has 0 radical (unpaired) electrons. The maximum Gasteiger partial charge on any atom is 0.160 e. The first kappa shape index (κ1) is 26.9. The minimum Gasteiger partial charge on any atom is -0.246 e. The number of pyridine rings is 2. The van der Waals surface area contributed by atoms with Crippen LogP contribution in [0.3, 0.4) is 0 Å². The van der Waals surface area contributed by atoms with E-state index in [2.05, 4.69) is 103 Å². The summed E-state index contributed by atoms with van der Waals surface area (Å²) in [6.07, 6.45) is 0. The molecular formula is C42H27N5. The zero-order valence-electron chi connectivity index (χ0n) is 25.3. The fourth-order valence-electron chi connectivity index (χ4n) is 6.23. The van der Waals surface area contributed by atoms with Gasteiger partial charge in [0.2, 0.25) is 0 Å². The van der Waals surface area contributed by atoms with Crippen LogP contribution in [0.5, 0.6) is 0 Å². The number of hydrogen-bond donors (Lipinski definition) is 0. The van der Waals surface area contributed by atoms with Crippen molar-refractivity contribution >= 4 is 27.3 Å². The minimum absolute atomic E-state index is 0.710. The lowest BCUT2D eigenvalue weighted by Crippen LogP contribution is -1.96. The number of rotatable bonds is 5. The van der Waals surface area contributed by atoms with E-state index in [-0.39, 0.29) is 0 Å². The summed E-state index contributed by atoms with van der Waals surface area (Å²) in [6.45, 7) is 0. The molecule has 0 saturated heterocycles. The molecule has 5 nitrogen and oxygen atoms in total. The molecule has 4 heterocycles. The van der Waals surface area contributed by atoms with Gasteiger partial charge in [0.05, 0.1) is 39.3 Å². The van der Waals surface area contributed by atoms with Crippen LogP contribution < -0.4 is 0 Å². The highest BCUT2D eigenvalue weighted by Crippen LogP contribution is 2.31. The number of aromatic nitrogens is 5. The van der Waals surface area contributed by atoms with Gasteiger partial charge in [0, 0.05) is 27.5 Å². The first-order valence-electron chi connectivity index (χ1n) is 15.7. The van der Waals surface area contributed by atoms with Crippen LogP contribution in [0.15, 0.2) is 164 Å². The Morgan fingerprint density at radius 3 is 1.81 bits per heavy atom. The number of fused-ring (bicyclic) bond motifs is 4. The maximum atomic E-state index is 5.12. The van der Waals surface area contributed by atoms with Gasteiger partial charge in [0.15, 0.2) is 5.82 Å². The second-order valence-electron chi connectivity index (χ2n) is 11.6. The van der Waals surface area contributed by atoms with Crippen molar-refractivity contribution in [3.63, 3.8) is 0 Å². The van der Waals surface area contributed by atoms with Crippen molar-refractivity contribution in [1.82, 2.24) is 24.6 Å². The molecule has 47 heavy (non-hydrogen) atoms. The van der Waals surface area contributed by atoms with Gasteiger partial charge in [-0.05, 0) is 47.5 Å². The highest BCUT2D eigenvalue weighted by Gasteiger charge is 2.13. The van der Waals surface area contributed by atoms with Crippen LogP contribution >= 0.6 is 0 Å². The summed E-state index contributed by atoms with van der Waals surface area (Å²) in [5, 5.41) is 7.11. The Labute approximate surface area is 271 Å². The Morgan fingerprint density at radius 2 is 1.02 bits per heavy atom. The standard InChI is InChI=1S/C42H27N5/c1-3-10-29(11-4-1)38-27-39(45-42(44-38)32-12-5-2-6-13-32)30-20-18-28(19-21-30)33-23-22-31-24-25-36(43-37(31)26-33)41-17-9-16-40-34-14-7-8-15-35(34)46-47(40)41/h1-27H. The highest BCUT2D eigenvalue weighted by atomic mass is 15.2.